The van der Waals surface area contributed by atoms with E-state index in [1.165, 1.54) is 12.1 Å². The van der Waals surface area contributed by atoms with E-state index in [9.17, 15) is 15.0 Å². The Bertz CT molecular complexity index is 520. The van der Waals surface area contributed by atoms with Crippen LogP contribution in [0.25, 0.3) is 0 Å². The average Bonchev–Trinajstić information content (AvgIpc) is 2.36. The number of phenols is 2. The van der Waals surface area contributed by atoms with Crippen LogP contribution in [0.1, 0.15) is 17.0 Å². The van der Waals surface area contributed by atoms with E-state index in [0.717, 1.165) is 11.8 Å². The molecule has 0 amide bonds. The summed E-state index contributed by atoms with van der Waals surface area (Å²) in [6, 6.07) is 13.7. The molecule has 0 heterocycles. The Balaban J connectivity index is 2.42. The van der Waals surface area contributed by atoms with Crippen LogP contribution in [0.4, 0.5) is 0 Å². The molecule has 1 unspecified atom stereocenters. The standard InChI is InChI=1S/C14H12O3/c15-9-12(10-4-2-1-3-5-10)11-6-7-13(16)14(17)8-11/h1-9,12,16-17H. The number of hydrogen-bond acceptors (Lipinski definition) is 3. The Kier molecular flexibility index (Phi) is 3.10. The molecule has 0 aromatic heterocycles. The summed E-state index contributed by atoms with van der Waals surface area (Å²) in [7, 11) is 0. The third kappa shape index (κ3) is 2.28. The van der Waals surface area contributed by atoms with Crippen molar-refractivity contribution in [3.63, 3.8) is 0 Å². The fraction of sp³-hybridized carbons (Fsp3) is 0.0714. The van der Waals surface area contributed by atoms with Gasteiger partial charge in [-0.3, -0.25) is 0 Å². The normalized spacial score (nSPS) is 12.0. The number of carbonyl (C=O) groups is 1. The van der Waals surface area contributed by atoms with Gasteiger partial charge in [0.25, 0.3) is 0 Å². The van der Waals surface area contributed by atoms with Crippen molar-refractivity contribution in [2.45, 2.75) is 5.92 Å². The van der Waals surface area contributed by atoms with Crippen LogP contribution in [-0.2, 0) is 4.79 Å². The molecule has 0 saturated carbocycles. The van der Waals surface area contributed by atoms with Crippen LogP contribution < -0.4 is 0 Å². The predicted molar refractivity (Wildman–Crippen MR) is 64.1 cm³/mol. The highest BCUT2D eigenvalue weighted by atomic mass is 16.3. The molecule has 0 fully saturated rings. The summed E-state index contributed by atoms with van der Waals surface area (Å²) in [5.41, 5.74) is 1.51. The van der Waals surface area contributed by atoms with Crippen molar-refractivity contribution >= 4 is 6.29 Å². The van der Waals surface area contributed by atoms with Crippen LogP contribution in [0, 0.1) is 0 Å². The number of aromatic hydroxyl groups is 2. The van der Waals surface area contributed by atoms with Gasteiger partial charge in [-0.15, -0.1) is 0 Å². The molecule has 0 aliphatic heterocycles. The second kappa shape index (κ2) is 4.70. The molecule has 2 aromatic carbocycles. The van der Waals surface area contributed by atoms with Gasteiger partial charge in [0.1, 0.15) is 6.29 Å². The van der Waals surface area contributed by atoms with Crippen molar-refractivity contribution in [1.82, 2.24) is 0 Å². The van der Waals surface area contributed by atoms with Gasteiger partial charge in [-0.1, -0.05) is 36.4 Å². The van der Waals surface area contributed by atoms with Gasteiger partial charge in [0.2, 0.25) is 0 Å². The molecular weight excluding hydrogens is 216 g/mol. The lowest BCUT2D eigenvalue weighted by Crippen LogP contribution is -2.01. The SMILES string of the molecule is O=CC(c1ccccc1)c1ccc(O)c(O)c1. The van der Waals surface area contributed by atoms with Crippen molar-refractivity contribution < 1.29 is 15.0 Å². The first-order valence-electron chi connectivity index (χ1n) is 5.24. The smallest absolute Gasteiger partial charge is 0.157 e. The first-order chi connectivity index (χ1) is 8.22. The number of benzene rings is 2. The number of carbonyl (C=O) groups excluding carboxylic acids is 1. The van der Waals surface area contributed by atoms with Gasteiger partial charge in [-0.2, -0.15) is 0 Å². The molecule has 86 valence electrons. The molecule has 2 rings (SSSR count). The first kappa shape index (κ1) is 11.2. The maximum atomic E-state index is 11.2. The summed E-state index contributed by atoms with van der Waals surface area (Å²) in [6.07, 6.45) is 0.821. The highest BCUT2D eigenvalue weighted by molar-refractivity contribution is 5.69. The zero-order chi connectivity index (χ0) is 12.3. The highest BCUT2D eigenvalue weighted by Crippen LogP contribution is 2.30. The van der Waals surface area contributed by atoms with Crippen LogP contribution in [-0.4, -0.2) is 16.5 Å². The molecule has 0 bridgehead atoms. The van der Waals surface area contributed by atoms with Gasteiger partial charge in [-0.05, 0) is 23.3 Å². The minimum Gasteiger partial charge on any atom is -0.504 e. The zero-order valence-corrected chi connectivity index (χ0v) is 9.08. The summed E-state index contributed by atoms with van der Waals surface area (Å²) in [5.74, 6) is -0.834. The van der Waals surface area contributed by atoms with Crippen LogP contribution >= 0.6 is 0 Å². The van der Waals surface area contributed by atoms with E-state index in [-0.39, 0.29) is 11.5 Å². The van der Waals surface area contributed by atoms with E-state index < -0.39 is 5.92 Å². The summed E-state index contributed by atoms with van der Waals surface area (Å²) >= 11 is 0. The lowest BCUT2D eigenvalue weighted by Gasteiger charge is -2.11. The Morgan fingerprint density at radius 1 is 0.882 bits per heavy atom. The number of hydrogen-bond donors (Lipinski definition) is 2. The second-order valence-corrected chi connectivity index (χ2v) is 3.77. The van der Waals surface area contributed by atoms with E-state index in [1.807, 2.05) is 30.3 Å². The van der Waals surface area contributed by atoms with Gasteiger partial charge in [-0.25, -0.2) is 0 Å². The maximum Gasteiger partial charge on any atom is 0.157 e. The molecule has 17 heavy (non-hydrogen) atoms. The summed E-state index contributed by atoms with van der Waals surface area (Å²) in [6.45, 7) is 0. The van der Waals surface area contributed by atoms with E-state index in [0.29, 0.717) is 5.56 Å². The van der Waals surface area contributed by atoms with Gasteiger partial charge in [0, 0.05) is 0 Å². The van der Waals surface area contributed by atoms with E-state index >= 15 is 0 Å². The molecule has 0 saturated heterocycles. The molecule has 0 aliphatic carbocycles. The van der Waals surface area contributed by atoms with Gasteiger partial charge in [0.15, 0.2) is 11.5 Å². The predicted octanol–water partition coefficient (Wildman–Crippen LogP) is 2.43. The minimum absolute atomic E-state index is 0.188. The lowest BCUT2D eigenvalue weighted by molar-refractivity contribution is -0.108. The Labute approximate surface area is 99.0 Å². The van der Waals surface area contributed by atoms with E-state index in [4.69, 9.17) is 0 Å². The first-order valence-corrected chi connectivity index (χ1v) is 5.24. The Morgan fingerprint density at radius 3 is 2.18 bits per heavy atom. The number of aldehydes is 1. The fourth-order valence-electron chi connectivity index (χ4n) is 1.74. The molecule has 3 heteroatoms. The molecule has 2 aromatic rings. The number of phenolic OH excluding ortho intramolecular Hbond substituents is 2. The topological polar surface area (TPSA) is 57.5 Å². The van der Waals surface area contributed by atoms with Crippen LogP contribution in [0.15, 0.2) is 48.5 Å². The monoisotopic (exact) mass is 228 g/mol. The van der Waals surface area contributed by atoms with E-state index in [1.54, 1.807) is 6.07 Å². The molecular formula is C14H12O3. The van der Waals surface area contributed by atoms with E-state index in [2.05, 4.69) is 0 Å². The summed E-state index contributed by atoms with van der Waals surface area (Å²) < 4.78 is 0. The van der Waals surface area contributed by atoms with Crippen molar-refractivity contribution in [3.05, 3.63) is 59.7 Å². The Hall–Kier alpha value is -2.29. The third-order valence-electron chi connectivity index (χ3n) is 2.65. The third-order valence-corrected chi connectivity index (χ3v) is 2.65. The van der Waals surface area contributed by atoms with Gasteiger partial charge in [0.05, 0.1) is 5.92 Å². The average molecular weight is 228 g/mol. The van der Waals surface area contributed by atoms with Crippen LogP contribution in [0.2, 0.25) is 0 Å². The molecule has 2 N–H and O–H groups in total. The molecule has 0 spiro atoms. The molecule has 1 atom stereocenters. The van der Waals surface area contributed by atoms with Crippen LogP contribution in [0.3, 0.4) is 0 Å². The highest BCUT2D eigenvalue weighted by Gasteiger charge is 2.14. The minimum atomic E-state index is -0.428. The van der Waals surface area contributed by atoms with Crippen molar-refractivity contribution in [3.8, 4) is 11.5 Å². The lowest BCUT2D eigenvalue weighted by atomic mass is 9.92. The van der Waals surface area contributed by atoms with Crippen LogP contribution in [0.5, 0.6) is 11.5 Å². The summed E-state index contributed by atoms with van der Waals surface area (Å²) in [5, 5.41) is 18.7. The van der Waals surface area contributed by atoms with Crippen molar-refractivity contribution in [2.75, 3.05) is 0 Å². The van der Waals surface area contributed by atoms with Gasteiger partial charge >= 0.3 is 0 Å². The molecule has 0 radical (unpaired) electrons. The quantitative estimate of drug-likeness (QED) is 0.626. The molecule has 0 aliphatic rings. The molecule has 3 nitrogen and oxygen atoms in total. The Morgan fingerprint density at radius 2 is 1.59 bits per heavy atom. The summed E-state index contributed by atoms with van der Waals surface area (Å²) in [4.78, 5) is 11.2. The van der Waals surface area contributed by atoms with Gasteiger partial charge < -0.3 is 15.0 Å². The fourth-order valence-corrected chi connectivity index (χ4v) is 1.74. The largest absolute Gasteiger partial charge is 0.504 e. The number of rotatable bonds is 3. The van der Waals surface area contributed by atoms with Crippen molar-refractivity contribution in [2.24, 2.45) is 0 Å². The second-order valence-electron chi connectivity index (χ2n) is 3.77. The maximum absolute atomic E-state index is 11.2. The zero-order valence-electron chi connectivity index (χ0n) is 9.08. The van der Waals surface area contributed by atoms with Crippen molar-refractivity contribution in [1.29, 1.82) is 0 Å².